The van der Waals surface area contributed by atoms with Crippen LogP contribution < -0.4 is 10.1 Å². The van der Waals surface area contributed by atoms with Crippen molar-refractivity contribution in [3.63, 3.8) is 0 Å². The molecule has 0 amide bonds. The van der Waals surface area contributed by atoms with Gasteiger partial charge in [0, 0.05) is 0 Å². The third-order valence-corrected chi connectivity index (χ3v) is 2.81. The lowest BCUT2D eigenvalue weighted by atomic mass is 10.1. The molecule has 0 aromatic heterocycles. The van der Waals surface area contributed by atoms with Crippen LogP contribution in [0, 0.1) is 17.1 Å². The lowest BCUT2D eigenvalue weighted by Gasteiger charge is -2.15. The molecule has 0 aliphatic heterocycles. The lowest BCUT2D eigenvalue weighted by molar-refractivity contribution is 0.340. The summed E-state index contributed by atoms with van der Waals surface area (Å²) in [6, 6.07) is 15.0. The maximum Gasteiger partial charge on any atom is 0.146 e. The van der Waals surface area contributed by atoms with Crippen molar-refractivity contribution in [1.29, 1.82) is 5.26 Å². The van der Waals surface area contributed by atoms with Crippen LogP contribution in [0.15, 0.2) is 48.5 Å². The van der Waals surface area contributed by atoms with Crippen molar-refractivity contribution in [1.82, 2.24) is 0 Å². The standard InChI is InChI=1S/C16H15FN2O/c1-2-20-13-7-5-6-12(10-13)16(11-18)19-15-9-4-3-8-14(15)17/h3-10,16,19H,2H2,1H3. The molecule has 1 unspecified atom stereocenters. The quantitative estimate of drug-likeness (QED) is 0.896. The van der Waals surface area contributed by atoms with Crippen molar-refractivity contribution in [2.45, 2.75) is 13.0 Å². The number of rotatable bonds is 5. The first-order valence-corrected chi connectivity index (χ1v) is 6.38. The molecule has 0 radical (unpaired) electrons. The van der Waals surface area contributed by atoms with Gasteiger partial charge in [-0.15, -0.1) is 0 Å². The number of para-hydroxylation sites is 1. The minimum absolute atomic E-state index is 0.306. The van der Waals surface area contributed by atoms with Crippen molar-refractivity contribution in [3.8, 4) is 11.8 Å². The van der Waals surface area contributed by atoms with Gasteiger partial charge in [0.2, 0.25) is 0 Å². The largest absolute Gasteiger partial charge is 0.494 e. The molecule has 0 bridgehead atoms. The summed E-state index contributed by atoms with van der Waals surface area (Å²) in [7, 11) is 0. The number of benzene rings is 2. The van der Waals surface area contributed by atoms with Crippen LogP contribution in [-0.4, -0.2) is 6.61 Å². The van der Waals surface area contributed by atoms with E-state index in [9.17, 15) is 9.65 Å². The Hall–Kier alpha value is -2.54. The highest BCUT2D eigenvalue weighted by atomic mass is 19.1. The highest BCUT2D eigenvalue weighted by Gasteiger charge is 2.13. The molecule has 2 rings (SSSR count). The number of hydrogen-bond donors (Lipinski definition) is 1. The van der Waals surface area contributed by atoms with Crippen LogP contribution in [0.25, 0.3) is 0 Å². The van der Waals surface area contributed by atoms with E-state index in [4.69, 9.17) is 4.74 Å². The molecule has 0 aliphatic rings. The Morgan fingerprint density at radius 1 is 1.25 bits per heavy atom. The van der Waals surface area contributed by atoms with E-state index in [0.29, 0.717) is 18.0 Å². The van der Waals surface area contributed by atoms with E-state index in [1.165, 1.54) is 6.07 Å². The van der Waals surface area contributed by atoms with Gasteiger partial charge >= 0.3 is 0 Å². The summed E-state index contributed by atoms with van der Waals surface area (Å²) in [5.74, 6) is 0.314. The summed E-state index contributed by atoms with van der Waals surface area (Å²) in [6.45, 7) is 2.45. The Bertz CT molecular complexity index is 622. The Kier molecular flexibility index (Phi) is 4.56. The van der Waals surface area contributed by atoms with Crippen LogP contribution in [0.3, 0.4) is 0 Å². The maximum atomic E-state index is 13.6. The number of nitrogens with zero attached hydrogens (tertiary/aromatic N) is 1. The smallest absolute Gasteiger partial charge is 0.146 e. The summed E-state index contributed by atoms with van der Waals surface area (Å²) in [5, 5.41) is 12.2. The van der Waals surface area contributed by atoms with Gasteiger partial charge in [0.15, 0.2) is 0 Å². The van der Waals surface area contributed by atoms with Crippen LogP contribution in [0.5, 0.6) is 5.75 Å². The third kappa shape index (κ3) is 3.27. The predicted octanol–water partition coefficient (Wildman–Crippen LogP) is 3.90. The van der Waals surface area contributed by atoms with Crippen LogP contribution in [0.1, 0.15) is 18.5 Å². The fourth-order valence-electron chi connectivity index (χ4n) is 1.87. The van der Waals surface area contributed by atoms with Crippen molar-refractivity contribution in [2.24, 2.45) is 0 Å². The summed E-state index contributed by atoms with van der Waals surface area (Å²) >= 11 is 0. The number of halogens is 1. The van der Waals surface area contributed by atoms with Crippen molar-refractivity contribution < 1.29 is 9.13 Å². The molecule has 0 fully saturated rings. The fourth-order valence-corrected chi connectivity index (χ4v) is 1.87. The minimum atomic E-state index is -0.632. The van der Waals surface area contributed by atoms with Crippen molar-refractivity contribution in [2.75, 3.05) is 11.9 Å². The zero-order chi connectivity index (χ0) is 14.4. The second kappa shape index (κ2) is 6.58. The van der Waals surface area contributed by atoms with E-state index in [-0.39, 0.29) is 5.82 Å². The Morgan fingerprint density at radius 3 is 2.75 bits per heavy atom. The maximum absolute atomic E-state index is 13.6. The molecule has 20 heavy (non-hydrogen) atoms. The van der Waals surface area contributed by atoms with Crippen LogP contribution in [0.2, 0.25) is 0 Å². The van der Waals surface area contributed by atoms with Gasteiger partial charge in [-0.3, -0.25) is 0 Å². The van der Waals surface area contributed by atoms with E-state index in [1.807, 2.05) is 25.1 Å². The van der Waals surface area contributed by atoms with Crippen molar-refractivity contribution >= 4 is 5.69 Å². The summed E-state index contributed by atoms with van der Waals surface area (Å²) in [6.07, 6.45) is 0. The van der Waals surface area contributed by atoms with Crippen LogP contribution >= 0.6 is 0 Å². The topological polar surface area (TPSA) is 45.0 Å². The molecule has 3 nitrogen and oxygen atoms in total. The highest BCUT2D eigenvalue weighted by Crippen LogP contribution is 2.24. The zero-order valence-corrected chi connectivity index (χ0v) is 11.1. The average molecular weight is 270 g/mol. The van der Waals surface area contributed by atoms with Gasteiger partial charge in [-0.05, 0) is 36.8 Å². The third-order valence-electron chi connectivity index (χ3n) is 2.81. The Labute approximate surface area is 117 Å². The van der Waals surface area contributed by atoms with Gasteiger partial charge in [0.05, 0.1) is 18.4 Å². The zero-order valence-electron chi connectivity index (χ0n) is 11.1. The van der Waals surface area contributed by atoms with Crippen LogP contribution in [0.4, 0.5) is 10.1 Å². The molecule has 2 aromatic rings. The Balaban J connectivity index is 2.23. The molecular formula is C16H15FN2O. The molecular weight excluding hydrogens is 255 g/mol. The first kappa shape index (κ1) is 13.9. The number of nitrogens with one attached hydrogen (secondary N) is 1. The molecule has 0 spiro atoms. The number of hydrogen-bond acceptors (Lipinski definition) is 3. The van der Waals surface area contributed by atoms with E-state index in [1.54, 1.807) is 24.3 Å². The fraction of sp³-hybridized carbons (Fsp3) is 0.188. The molecule has 1 atom stereocenters. The van der Waals surface area contributed by atoms with Gasteiger partial charge in [-0.1, -0.05) is 24.3 Å². The number of ether oxygens (including phenoxy) is 1. The number of anilines is 1. The van der Waals surface area contributed by atoms with E-state index < -0.39 is 6.04 Å². The summed E-state index contributed by atoms with van der Waals surface area (Å²) in [5.41, 5.74) is 1.04. The first-order valence-electron chi connectivity index (χ1n) is 6.38. The second-order valence-corrected chi connectivity index (χ2v) is 4.19. The second-order valence-electron chi connectivity index (χ2n) is 4.19. The molecule has 1 N–H and O–H groups in total. The monoisotopic (exact) mass is 270 g/mol. The lowest BCUT2D eigenvalue weighted by Crippen LogP contribution is -2.09. The van der Waals surface area contributed by atoms with Gasteiger partial charge < -0.3 is 10.1 Å². The SMILES string of the molecule is CCOc1cccc(C(C#N)Nc2ccccc2F)c1. The van der Waals surface area contributed by atoms with Gasteiger partial charge in [0.25, 0.3) is 0 Å². The first-order chi connectivity index (χ1) is 9.74. The normalized spacial score (nSPS) is 11.4. The molecule has 4 heteroatoms. The number of nitriles is 1. The molecule has 0 saturated carbocycles. The Morgan fingerprint density at radius 2 is 2.05 bits per heavy atom. The summed E-state index contributed by atoms with van der Waals surface area (Å²) < 4.78 is 19.0. The van der Waals surface area contributed by atoms with E-state index in [2.05, 4.69) is 11.4 Å². The van der Waals surface area contributed by atoms with E-state index >= 15 is 0 Å². The van der Waals surface area contributed by atoms with E-state index in [0.717, 1.165) is 5.56 Å². The van der Waals surface area contributed by atoms with Crippen molar-refractivity contribution in [3.05, 3.63) is 59.9 Å². The minimum Gasteiger partial charge on any atom is -0.494 e. The van der Waals surface area contributed by atoms with Gasteiger partial charge in [0.1, 0.15) is 17.6 Å². The summed E-state index contributed by atoms with van der Waals surface area (Å²) in [4.78, 5) is 0. The molecule has 0 heterocycles. The molecule has 102 valence electrons. The molecule has 0 aliphatic carbocycles. The van der Waals surface area contributed by atoms with Gasteiger partial charge in [-0.25, -0.2) is 4.39 Å². The predicted molar refractivity (Wildman–Crippen MR) is 76.0 cm³/mol. The highest BCUT2D eigenvalue weighted by molar-refractivity contribution is 5.49. The average Bonchev–Trinajstić information content (AvgIpc) is 2.47. The van der Waals surface area contributed by atoms with Gasteiger partial charge in [-0.2, -0.15) is 5.26 Å². The van der Waals surface area contributed by atoms with Crippen LogP contribution in [-0.2, 0) is 0 Å². The molecule has 0 saturated heterocycles. The molecule has 2 aromatic carbocycles.